The maximum absolute atomic E-state index is 13.2. The van der Waals surface area contributed by atoms with E-state index in [1.165, 1.54) is 327 Å². The van der Waals surface area contributed by atoms with Crippen molar-refractivity contribution in [2.24, 2.45) is 5.92 Å². The Morgan fingerprint density at radius 1 is 0.241 bits per heavy atom. The Kier molecular flexibility index (Phi) is 84.0. The van der Waals surface area contributed by atoms with E-state index in [4.69, 9.17) is 37.0 Å². The number of phosphoric ester groups is 2. The zero-order valence-electron chi connectivity index (χ0n) is 73.8. The first-order valence-electron chi connectivity index (χ1n) is 48.1. The molecule has 666 valence electrons. The molecule has 19 heteroatoms. The number of rotatable bonds is 93. The number of unbranched alkanes of at least 4 members (excludes halogenated alkanes) is 65. The molecule has 0 bridgehead atoms. The molecule has 2 unspecified atom stereocenters. The Bertz CT molecular complexity index is 2120. The van der Waals surface area contributed by atoms with Gasteiger partial charge in [0.05, 0.1) is 26.4 Å². The zero-order valence-corrected chi connectivity index (χ0v) is 75.6. The van der Waals surface area contributed by atoms with E-state index in [0.717, 1.165) is 96.3 Å². The van der Waals surface area contributed by atoms with E-state index in [-0.39, 0.29) is 25.7 Å². The van der Waals surface area contributed by atoms with E-state index in [0.29, 0.717) is 31.6 Å². The van der Waals surface area contributed by atoms with Crippen molar-refractivity contribution in [1.29, 1.82) is 0 Å². The fraction of sp³-hybridized carbons (Fsp3) is 0.957. The van der Waals surface area contributed by atoms with Crippen LogP contribution in [0.15, 0.2) is 0 Å². The maximum Gasteiger partial charge on any atom is 0.472 e. The van der Waals surface area contributed by atoms with Gasteiger partial charge in [-0.25, -0.2) is 9.13 Å². The summed E-state index contributed by atoms with van der Waals surface area (Å²) in [4.78, 5) is 73.4. The molecular weight excluding hydrogens is 1450 g/mol. The van der Waals surface area contributed by atoms with Gasteiger partial charge in [0.2, 0.25) is 0 Å². The molecule has 0 heterocycles. The Labute approximate surface area is 689 Å². The third-order valence-corrected chi connectivity index (χ3v) is 23.9. The molecule has 0 aromatic rings. The Hall–Kier alpha value is -1.94. The summed E-state index contributed by atoms with van der Waals surface area (Å²) in [6, 6.07) is 0. The lowest BCUT2D eigenvalue weighted by Crippen LogP contribution is -2.30. The molecule has 5 atom stereocenters. The van der Waals surface area contributed by atoms with Crippen LogP contribution in [0.3, 0.4) is 0 Å². The van der Waals surface area contributed by atoms with Gasteiger partial charge in [-0.05, 0) is 31.6 Å². The molecule has 0 spiro atoms. The van der Waals surface area contributed by atoms with E-state index in [9.17, 15) is 43.2 Å². The summed E-state index contributed by atoms with van der Waals surface area (Å²) in [6.45, 7) is 7.32. The van der Waals surface area contributed by atoms with Crippen molar-refractivity contribution >= 4 is 39.5 Å². The van der Waals surface area contributed by atoms with Crippen LogP contribution in [0.4, 0.5) is 0 Å². The molecule has 0 saturated carbocycles. The monoisotopic (exact) mass is 1630 g/mol. The zero-order chi connectivity index (χ0) is 81.8. The smallest absolute Gasteiger partial charge is 0.462 e. The highest BCUT2D eigenvalue weighted by Crippen LogP contribution is 2.45. The number of ether oxygens (including phenoxy) is 4. The number of hydrogen-bond donors (Lipinski definition) is 3. The van der Waals surface area contributed by atoms with Crippen molar-refractivity contribution in [2.75, 3.05) is 39.6 Å². The lowest BCUT2D eigenvalue weighted by atomic mass is 10.0. The molecule has 0 radical (unpaired) electrons. The molecule has 0 aliphatic carbocycles. The molecule has 0 aliphatic heterocycles. The number of carbonyl (C=O) groups excluding carboxylic acids is 4. The third kappa shape index (κ3) is 85.9. The van der Waals surface area contributed by atoms with Gasteiger partial charge in [0.15, 0.2) is 12.2 Å². The van der Waals surface area contributed by atoms with E-state index in [1.807, 2.05) is 0 Å². The summed E-state index contributed by atoms with van der Waals surface area (Å²) in [5.41, 5.74) is 0. The quantitative estimate of drug-likeness (QED) is 0.0222. The maximum atomic E-state index is 13.2. The van der Waals surface area contributed by atoms with Gasteiger partial charge in [0.25, 0.3) is 0 Å². The van der Waals surface area contributed by atoms with E-state index >= 15 is 0 Å². The summed E-state index contributed by atoms with van der Waals surface area (Å²) in [7, 11) is -9.94. The Morgan fingerprint density at radius 3 is 0.607 bits per heavy atom. The normalized spacial score (nSPS) is 13.7. The number of phosphoric acid groups is 2. The summed E-state index contributed by atoms with van der Waals surface area (Å²) in [5.74, 6) is -1.42. The second kappa shape index (κ2) is 85.5. The van der Waals surface area contributed by atoms with Crippen LogP contribution in [-0.2, 0) is 65.4 Å². The van der Waals surface area contributed by atoms with Gasteiger partial charge in [-0.3, -0.25) is 37.3 Å². The first-order chi connectivity index (χ1) is 54.5. The third-order valence-electron chi connectivity index (χ3n) is 22.0. The van der Waals surface area contributed by atoms with Crippen molar-refractivity contribution < 1.29 is 80.2 Å². The molecule has 0 aromatic carbocycles. The first kappa shape index (κ1) is 110. The SMILES string of the molecule is CCCCCCCCCCCCCCCCCCCCCCCCC(=O)O[C@H](COC(=O)CCCCCCCCCCCCCCCCCCCCCCC)COP(=O)(O)OC[C@@H](O)COP(=O)(O)OC[C@@H](COC(=O)CCCCCCCCC(C)C)OC(=O)CCCCCCCCCCCCCCCCCCCCCC. The molecule has 0 aromatic heterocycles. The van der Waals surface area contributed by atoms with Crippen molar-refractivity contribution in [3.63, 3.8) is 0 Å². The number of aliphatic hydroxyl groups excluding tert-OH is 1. The average Bonchev–Trinajstić information content (AvgIpc) is 0.897. The Balaban J connectivity index is 5.18. The van der Waals surface area contributed by atoms with Crippen LogP contribution in [0.2, 0.25) is 0 Å². The fourth-order valence-corrected chi connectivity index (χ4v) is 16.3. The molecule has 3 N–H and O–H groups in total. The average molecular weight is 1630 g/mol. The van der Waals surface area contributed by atoms with Gasteiger partial charge < -0.3 is 33.8 Å². The van der Waals surface area contributed by atoms with Gasteiger partial charge in [-0.2, -0.15) is 0 Å². The lowest BCUT2D eigenvalue weighted by Gasteiger charge is -2.21. The molecule has 112 heavy (non-hydrogen) atoms. The fourth-order valence-electron chi connectivity index (χ4n) is 14.7. The van der Waals surface area contributed by atoms with Crippen LogP contribution < -0.4 is 0 Å². The summed E-state index contributed by atoms with van der Waals surface area (Å²) >= 11 is 0. The van der Waals surface area contributed by atoms with Crippen LogP contribution in [0, 0.1) is 5.92 Å². The molecule has 0 aliphatic rings. The topological polar surface area (TPSA) is 237 Å². The van der Waals surface area contributed by atoms with Gasteiger partial charge in [0, 0.05) is 25.7 Å². The predicted octanol–water partition coefficient (Wildman–Crippen LogP) is 29.1. The van der Waals surface area contributed by atoms with Crippen molar-refractivity contribution in [1.82, 2.24) is 0 Å². The number of carbonyl (C=O) groups is 4. The van der Waals surface area contributed by atoms with E-state index in [1.54, 1.807) is 0 Å². The van der Waals surface area contributed by atoms with Crippen LogP contribution in [0.1, 0.15) is 510 Å². The minimum Gasteiger partial charge on any atom is -0.462 e. The van der Waals surface area contributed by atoms with Crippen LogP contribution in [-0.4, -0.2) is 96.7 Å². The van der Waals surface area contributed by atoms with Gasteiger partial charge >= 0.3 is 39.5 Å². The van der Waals surface area contributed by atoms with Crippen LogP contribution >= 0.6 is 15.6 Å². The second-order valence-electron chi connectivity index (χ2n) is 33.9. The summed E-state index contributed by atoms with van der Waals surface area (Å²) in [6.07, 6.45) is 82.5. The van der Waals surface area contributed by atoms with Crippen molar-refractivity contribution in [3.05, 3.63) is 0 Å². The second-order valence-corrected chi connectivity index (χ2v) is 36.8. The molecule has 0 saturated heterocycles. The Morgan fingerprint density at radius 2 is 0.411 bits per heavy atom. The number of aliphatic hydroxyl groups is 1. The van der Waals surface area contributed by atoms with Crippen LogP contribution in [0.25, 0.3) is 0 Å². The predicted molar refractivity (Wildman–Crippen MR) is 465 cm³/mol. The highest BCUT2D eigenvalue weighted by atomic mass is 31.2. The largest absolute Gasteiger partial charge is 0.472 e. The minimum absolute atomic E-state index is 0.108. The highest BCUT2D eigenvalue weighted by molar-refractivity contribution is 7.47. The van der Waals surface area contributed by atoms with E-state index < -0.39 is 97.5 Å². The standard InChI is InChI=1S/C93H182O17P2/c1-6-9-12-15-18-21-24-27-30-33-36-39-41-44-47-50-53-56-59-62-68-73-78-92(97)109-88(82-103-90(95)76-71-66-60-57-54-51-48-45-43-40-37-34-31-28-25-22-19-16-13-10-7-2)84-107-111(99,100)105-80-87(94)81-106-112(101,102)108-85-89(83-104-91(96)77-72-67-64-63-65-70-75-86(4)5)110-93(98)79-74-69-61-58-55-52-49-46-42-38-35-32-29-26-23-20-17-14-11-8-3/h86-89,94H,6-85H2,1-5H3,(H,99,100)(H,101,102)/t87-,88-,89-/m1/s1. The summed E-state index contributed by atoms with van der Waals surface area (Å²) < 4.78 is 69.1. The van der Waals surface area contributed by atoms with Crippen molar-refractivity contribution in [2.45, 2.75) is 528 Å². The van der Waals surface area contributed by atoms with Gasteiger partial charge in [0.1, 0.15) is 19.3 Å². The molecule has 0 rings (SSSR count). The van der Waals surface area contributed by atoms with Crippen molar-refractivity contribution in [3.8, 4) is 0 Å². The minimum atomic E-state index is -4.97. The molecule has 0 fully saturated rings. The summed E-state index contributed by atoms with van der Waals surface area (Å²) in [5, 5.41) is 10.7. The van der Waals surface area contributed by atoms with Crippen LogP contribution in [0.5, 0.6) is 0 Å². The van der Waals surface area contributed by atoms with E-state index in [2.05, 4.69) is 34.6 Å². The molecule has 0 amide bonds. The number of hydrogen-bond acceptors (Lipinski definition) is 15. The van der Waals surface area contributed by atoms with Gasteiger partial charge in [-0.15, -0.1) is 0 Å². The highest BCUT2D eigenvalue weighted by Gasteiger charge is 2.31. The first-order valence-corrected chi connectivity index (χ1v) is 51.1. The number of esters is 4. The molecular formula is C93H182O17P2. The van der Waals surface area contributed by atoms with Gasteiger partial charge in [-0.1, -0.05) is 458 Å². The molecule has 17 nitrogen and oxygen atoms in total. The lowest BCUT2D eigenvalue weighted by molar-refractivity contribution is -0.161.